The third kappa shape index (κ3) is 2.96. The van der Waals surface area contributed by atoms with Crippen LogP contribution in [0.2, 0.25) is 0 Å². The standard InChI is InChI=1S/C15H9F3N4O2/c16-15(17,18)12-6-5-9(7-19-12)13(23)21-22-8-20-11-4-2-1-3-10(11)14(22)24/h1-8H,(H,21,23). The Balaban J connectivity index is 1.87. The molecule has 2 aromatic heterocycles. The maximum Gasteiger partial charge on any atom is 0.433 e. The number of para-hydroxylation sites is 1. The number of nitrogens with zero attached hydrogens (tertiary/aromatic N) is 3. The van der Waals surface area contributed by atoms with Crippen molar-refractivity contribution in [1.82, 2.24) is 14.6 Å². The predicted octanol–water partition coefficient (Wildman–Crippen LogP) is 2.19. The summed E-state index contributed by atoms with van der Waals surface area (Å²) >= 11 is 0. The summed E-state index contributed by atoms with van der Waals surface area (Å²) in [4.78, 5) is 31.5. The monoisotopic (exact) mass is 334 g/mol. The highest BCUT2D eigenvalue weighted by molar-refractivity contribution is 5.99. The number of carbonyl (C=O) groups is 1. The molecule has 0 aliphatic heterocycles. The fourth-order valence-corrected chi connectivity index (χ4v) is 2.02. The summed E-state index contributed by atoms with van der Waals surface area (Å²) in [5.41, 5.74) is 0.985. The van der Waals surface area contributed by atoms with Crippen LogP contribution in [-0.4, -0.2) is 20.6 Å². The van der Waals surface area contributed by atoms with Crippen molar-refractivity contribution in [3.63, 3.8) is 0 Å². The third-order valence-electron chi connectivity index (χ3n) is 3.20. The minimum atomic E-state index is -4.59. The van der Waals surface area contributed by atoms with E-state index in [-0.39, 0.29) is 5.56 Å². The minimum Gasteiger partial charge on any atom is -0.267 e. The molecule has 1 amide bonds. The predicted molar refractivity (Wildman–Crippen MR) is 78.9 cm³/mol. The van der Waals surface area contributed by atoms with E-state index in [4.69, 9.17) is 0 Å². The molecule has 0 saturated carbocycles. The number of halogens is 3. The molecule has 0 aliphatic rings. The second-order valence-electron chi connectivity index (χ2n) is 4.81. The number of pyridine rings is 1. The van der Waals surface area contributed by atoms with Gasteiger partial charge in [0, 0.05) is 6.20 Å². The zero-order valence-corrected chi connectivity index (χ0v) is 11.9. The van der Waals surface area contributed by atoms with Gasteiger partial charge in [-0.15, -0.1) is 0 Å². The van der Waals surface area contributed by atoms with E-state index in [1.165, 1.54) is 0 Å². The lowest BCUT2D eigenvalue weighted by Gasteiger charge is -2.09. The molecule has 3 rings (SSSR count). The number of nitrogens with one attached hydrogen (secondary N) is 1. The van der Waals surface area contributed by atoms with Gasteiger partial charge in [0.25, 0.3) is 11.5 Å². The number of hydrogen-bond acceptors (Lipinski definition) is 4. The average molecular weight is 334 g/mol. The molecule has 6 nitrogen and oxygen atoms in total. The van der Waals surface area contributed by atoms with Gasteiger partial charge in [0.2, 0.25) is 0 Å². The second-order valence-corrected chi connectivity index (χ2v) is 4.81. The van der Waals surface area contributed by atoms with Gasteiger partial charge in [-0.25, -0.2) is 9.66 Å². The Labute approximate surface area is 132 Å². The van der Waals surface area contributed by atoms with Crippen LogP contribution in [0, 0.1) is 0 Å². The van der Waals surface area contributed by atoms with Gasteiger partial charge in [-0.3, -0.25) is 20.0 Å². The van der Waals surface area contributed by atoms with Crippen molar-refractivity contribution in [1.29, 1.82) is 0 Å². The normalized spacial score (nSPS) is 11.5. The summed E-state index contributed by atoms with van der Waals surface area (Å²) in [6.45, 7) is 0. The van der Waals surface area contributed by atoms with Gasteiger partial charge in [-0.05, 0) is 24.3 Å². The third-order valence-corrected chi connectivity index (χ3v) is 3.20. The van der Waals surface area contributed by atoms with Crippen LogP contribution >= 0.6 is 0 Å². The number of benzene rings is 1. The molecule has 0 saturated heterocycles. The van der Waals surface area contributed by atoms with Crippen molar-refractivity contribution >= 4 is 16.8 Å². The second kappa shape index (κ2) is 5.76. The Morgan fingerprint density at radius 1 is 1.08 bits per heavy atom. The fourth-order valence-electron chi connectivity index (χ4n) is 2.02. The Kier molecular flexibility index (Phi) is 3.76. The molecule has 0 unspecified atom stereocenters. The molecule has 9 heteroatoms. The summed E-state index contributed by atoms with van der Waals surface area (Å²) < 4.78 is 38.2. The Morgan fingerprint density at radius 3 is 2.50 bits per heavy atom. The van der Waals surface area contributed by atoms with Gasteiger partial charge in [0.05, 0.1) is 16.5 Å². The summed E-state index contributed by atoms with van der Waals surface area (Å²) in [6.07, 6.45) is -2.67. The van der Waals surface area contributed by atoms with Gasteiger partial charge < -0.3 is 0 Å². The van der Waals surface area contributed by atoms with Gasteiger partial charge in [-0.2, -0.15) is 13.2 Å². The zero-order chi connectivity index (χ0) is 17.3. The van der Waals surface area contributed by atoms with Crippen LogP contribution in [0.5, 0.6) is 0 Å². The van der Waals surface area contributed by atoms with Crippen LogP contribution in [0.3, 0.4) is 0 Å². The van der Waals surface area contributed by atoms with Crippen LogP contribution in [0.25, 0.3) is 10.9 Å². The first kappa shape index (κ1) is 15.7. The number of amides is 1. The Hall–Kier alpha value is -3.23. The highest BCUT2D eigenvalue weighted by atomic mass is 19.4. The van der Waals surface area contributed by atoms with Crippen LogP contribution in [0.4, 0.5) is 13.2 Å². The summed E-state index contributed by atoms with van der Waals surface area (Å²) in [6, 6.07) is 8.22. The van der Waals surface area contributed by atoms with E-state index in [1.54, 1.807) is 24.3 Å². The van der Waals surface area contributed by atoms with Crippen molar-refractivity contribution < 1.29 is 18.0 Å². The number of hydrogen-bond donors (Lipinski definition) is 1. The van der Waals surface area contributed by atoms with E-state index in [1.807, 2.05) is 0 Å². The number of alkyl halides is 3. The molecule has 1 N–H and O–H groups in total. The zero-order valence-electron chi connectivity index (χ0n) is 11.9. The molecule has 24 heavy (non-hydrogen) atoms. The molecule has 0 aliphatic carbocycles. The topological polar surface area (TPSA) is 76.9 Å². The van der Waals surface area contributed by atoms with E-state index < -0.39 is 23.3 Å². The van der Waals surface area contributed by atoms with Crippen molar-refractivity contribution in [2.45, 2.75) is 6.18 Å². The van der Waals surface area contributed by atoms with Crippen molar-refractivity contribution in [3.8, 4) is 0 Å². The van der Waals surface area contributed by atoms with Gasteiger partial charge in [-0.1, -0.05) is 12.1 Å². The molecule has 3 aromatic rings. The summed E-state index contributed by atoms with van der Waals surface area (Å²) in [7, 11) is 0. The van der Waals surface area contributed by atoms with E-state index in [9.17, 15) is 22.8 Å². The van der Waals surface area contributed by atoms with E-state index in [0.29, 0.717) is 17.0 Å². The van der Waals surface area contributed by atoms with Crippen molar-refractivity contribution in [3.05, 3.63) is 70.5 Å². The number of aromatic nitrogens is 3. The maximum absolute atomic E-state index is 12.5. The Bertz CT molecular complexity index is 965. The number of fused-ring (bicyclic) bond motifs is 1. The summed E-state index contributed by atoms with van der Waals surface area (Å²) in [5, 5.41) is 0.297. The van der Waals surface area contributed by atoms with Crippen LogP contribution in [-0.2, 0) is 6.18 Å². The summed E-state index contributed by atoms with van der Waals surface area (Å²) in [5.74, 6) is -0.782. The molecule has 0 spiro atoms. The Morgan fingerprint density at radius 2 is 1.83 bits per heavy atom. The first-order valence-electron chi connectivity index (χ1n) is 6.67. The first-order chi connectivity index (χ1) is 11.4. The first-order valence-corrected chi connectivity index (χ1v) is 6.67. The highest BCUT2D eigenvalue weighted by Gasteiger charge is 2.32. The lowest BCUT2D eigenvalue weighted by molar-refractivity contribution is -0.141. The molecule has 0 fully saturated rings. The molecular formula is C15H9F3N4O2. The molecule has 1 aromatic carbocycles. The van der Waals surface area contributed by atoms with E-state index >= 15 is 0 Å². The number of rotatable bonds is 2. The molecule has 2 heterocycles. The lowest BCUT2D eigenvalue weighted by Crippen LogP contribution is -2.33. The van der Waals surface area contributed by atoms with Crippen molar-refractivity contribution in [2.75, 3.05) is 5.43 Å². The van der Waals surface area contributed by atoms with Gasteiger partial charge >= 0.3 is 6.18 Å². The molecule has 0 bridgehead atoms. The fraction of sp³-hybridized carbons (Fsp3) is 0.0667. The highest BCUT2D eigenvalue weighted by Crippen LogP contribution is 2.27. The van der Waals surface area contributed by atoms with Crippen LogP contribution in [0.15, 0.2) is 53.7 Å². The maximum atomic E-state index is 12.5. The molecular weight excluding hydrogens is 325 g/mol. The lowest BCUT2D eigenvalue weighted by atomic mass is 10.2. The smallest absolute Gasteiger partial charge is 0.267 e. The van der Waals surface area contributed by atoms with Crippen molar-refractivity contribution in [2.24, 2.45) is 0 Å². The van der Waals surface area contributed by atoms with Gasteiger partial charge in [0.1, 0.15) is 12.0 Å². The van der Waals surface area contributed by atoms with Gasteiger partial charge in [0.15, 0.2) is 0 Å². The minimum absolute atomic E-state index is 0.122. The SMILES string of the molecule is O=C(Nn1cnc2ccccc2c1=O)c1ccc(C(F)(F)F)nc1. The van der Waals surface area contributed by atoms with E-state index in [0.717, 1.165) is 23.3 Å². The largest absolute Gasteiger partial charge is 0.433 e. The number of carbonyl (C=O) groups excluding carboxylic acids is 1. The van der Waals surface area contributed by atoms with Crippen LogP contribution < -0.4 is 11.0 Å². The van der Waals surface area contributed by atoms with E-state index in [2.05, 4.69) is 15.4 Å². The molecule has 0 atom stereocenters. The van der Waals surface area contributed by atoms with Crippen LogP contribution in [0.1, 0.15) is 16.1 Å². The quantitative estimate of drug-likeness (QED) is 0.779. The average Bonchev–Trinajstić information content (AvgIpc) is 2.57. The molecule has 122 valence electrons. The molecule has 0 radical (unpaired) electrons.